The van der Waals surface area contributed by atoms with Gasteiger partial charge in [-0.3, -0.25) is 0 Å². The molecule has 0 aromatic heterocycles. The Morgan fingerprint density at radius 1 is 1.38 bits per heavy atom. The van der Waals surface area contributed by atoms with E-state index in [-0.39, 0.29) is 6.10 Å². The molecule has 1 saturated carbocycles. The molecule has 1 fully saturated rings. The Kier molecular flexibility index (Phi) is 4.74. The molecule has 0 aliphatic heterocycles. The summed E-state index contributed by atoms with van der Waals surface area (Å²) < 4.78 is 5.01. The zero-order valence-corrected chi connectivity index (χ0v) is 8.83. The normalized spacial score (nSPS) is 23.3. The van der Waals surface area contributed by atoms with Crippen molar-refractivity contribution in [3.63, 3.8) is 0 Å². The fourth-order valence-electron chi connectivity index (χ4n) is 2.24. The van der Waals surface area contributed by atoms with Crippen LogP contribution in [0.1, 0.15) is 39.0 Å². The van der Waals surface area contributed by atoms with Crippen molar-refractivity contribution in [3.05, 3.63) is 0 Å². The maximum Gasteiger partial charge on any atom is 0.0594 e. The smallest absolute Gasteiger partial charge is 0.0594 e. The summed E-state index contributed by atoms with van der Waals surface area (Å²) in [5.74, 6) is 0.954. The van der Waals surface area contributed by atoms with Crippen LogP contribution in [0, 0.1) is 11.8 Å². The van der Waals surface area contributed by atoms with Gasteiger partial charge < -0.3 is 9.84 Å². The molecule has 0 aromatic rings. The number of hydrogen-bond donors (Lipinski definition) is 1. The molecule has 78 valence electrons. The summed E-state index contributed by atoms with van der Waals surface area (Å²) in [6.07, 6.45) is 5.93. The van der Waals surface area contributed by atoms with Crippen LogP contribution in [0.3, 0.4) is 0 Å². The van der Waals surface area contributed by atoms with E-state index in [4.69, 9.17) is 4.74 Å². The first-order valence-electron chi connectivity index (χ1n) is 5.42. The Balaban J connectivity index is 2.23. The Morgan fingerprint density at radius 3 is 2.54 bits per heavy atom. The Labute approximate surface area is 81.3 Å². The fourth-order valence-corrected chi connectivity index (χ4v) is 2.24. The SMILES string of the molecule is COCCC(C)C(O)C1CCCC1. The quantitative estimate of drug-likeness (QED) is 0.713. The van der Waals surface area contributed by atoms with Gasteiger partial charge in [0.15, 0.2) is 0 Å². The lowest BCUT2D eigenvalue weighted by atomic mass is 9.89. The Bertz CT molecular complexity index is 130. The third-order valence-corrected chi connectivity index (χ3v) is 3.24. The highest BCUT2D eigenvalue weighted by atomic mass is 16.5. The molecule has 0 amide bonds. The zero-order valence-electron chi connectivity index (χ0n) is 8.83. The van der Waals surface area contributed by atoms with Gasteiger partial charge in [-0.15, -0.1) is 0 Å². The third kappa shape index (κ3) is 3.28. The minimum Gasteiger partial charge on any atom is -0.393 e. The van der Waals surface area contributed by atoms with Crippen LogP contribution >= 0.6 is 0 Å². The summed E-state index contributed by atoms with van der Waals surface area (Å²) in [5.41, 5.74) is 0. The lowest BCUT2D eigenvalue weighted by molar-refractivity contribution is 0.0437. The number of ether oxygens (including phenoxy) is 1. The maximum atomic E-state index is 9.99. The largest absolute Gasteiger partial charge is 0.393 e. The number of aliphatic hydroxyl groups is 1. The van der Waals surface area contributed by atoms with E-state index in [9.17, 15) is 5.11 Å². The lowest BCUT2D eigenvalue weighted by Crippen LogP contribution is -2.26. The summed E-state index contributed by atoms with van der Waals surface area (Å²) in [7, 11) is 1.72. The van der Waals surface area contributed by atoms with E-state index >= 15 is 0 Å². The number of aliphatic hydroxyl groups excluding tert-OH is 1. The molecule has 0 bridgehead atoms. The molecule has 0 radical (unpaired) electrons. The first-order valence-corrected chi connectivity index (χ1v) is 5.42. The maximum absolute atomic E-state index is 9.99. The monoisotopic (exact) mass is 186 g/mol. The zero-order chi connectivity index (χ0) is 9.68. The van der Waals surface area contributed by atoms with Gasteiger partial charge in [-0.2, -0.15) is 0 Å². The van der Waals surface area contributed by atoms with E-state index in [1.807, 2.05) is 0 Å². The molecule has 1 aliphatic rings. The third-order valence-electron chi connectivity index (χ3n) is 3.24. The first kappa shape index (κ1) is 11.0. The van der Waals surface area contributed by atoms with Gasteiger partial charge in [0.25, 0.3) is 0 Å². The van der Waals surface area contributed by atoms with Crippen LogP contribution in [0.5, 0.6) is 0 Å². The summed E-state index contributed by atoms with van der Waals surface area (Å²) in [6.45, 7) is 2.90. The lowest BCUT2D eigenvalue weighted by Gasteiger charge is -2.24. The molecule has 0 heterocycles. The fraction of sp³-hybridized carbons (Fsp3) is 1.00. The highest BCUT2D eigenvalue weighted by Gasteiger charge is 2.26. The van der Waals surface area contributed by atoms with Crippen LogP contribution in [-0.2, 0) is 4.74 Å². The number of hydrogen-bond acceptors (Lipinski definition) is 2. The van der Waals surface area contributed by atoms with Crippen molar-refractivity contribution in [2.24, 2.45) is 11.8 Å². The second kappa shape index (κ2) is 5.61. The molecule has 1 aliphatic carbocycles. The Hall–Kier alpha value is -0.0800. The van der Waals surface area contributed by atoms with Crippen molar-refractivity contribution < 1.29 is 9.84 Å². The van der Waals surface area contributed by atoms with Gasteiger partial charge in [-0.1, -0.05) is 19.8 Å². The minimum atomic E-state index is -0.0994. The summed E-state index contributed by atoms with van der Waals surface area (Å²) in [4.78, 5) is 0. The van der Waals surface area contributed by atoms with Crippen molar-refractivity contribution >= 4 is 0 Å². The van der Waals surface area contributed by atoms with Gasteiger partial charge >= 0.3 is 0 Å². The van der Waals surface area contributed by atoms with E-state index in [0.717, 1.165) is 13.0 Å². The topological polar surface area (TPSA) is 29.5 Å². The van der Waals surface area contributed by atoms with E-state index in [1.54, 1.807) is 7.11 Å². The van der Waals surface area contributed by atoms with Crippen molar-refractivity contribution in [2.75, 3.05) is 13.7 Å². The van der Waals surface area contributed by atoms with Crippen LogP contribution in [0.4, 0.5) is 0 Å². The van der Waals surface area contributed by atoms with Gasteiger partial charge in [-0.05, 0) is 31.1 Å². The average Bonchev–Trinajstić information content (AvgIpc) is 2.65. The van der Waals surface area contributed by atoms with Crippen LogP contribution in [0.25, 0.3) is 0 Å². The van der Waals surface area contributed by atoms with Crippen molar-refractivity contribution in [1.82, 2.24) is 0 Å². The van der Waals surface area contributed by atoms with E-state index in [2.05, 4.69) is 6.92 Å². The molecular weight excluding hydrogens is 164 g/mol. The molecule has 2 nitrogen and oxygen atoms in total. The molecule has 0 spiro atoms. The first-order chi connectivity index (χ1) is 6.25. The van der Waals surface area contributed by atoms with E-state index < -0.39 is 0 Å². The van der Waals surface area contributed by atoms with Crippen molar-refractivity contribution in [2.45, 2.75) is 45.1 Å². The van der Waals surface area contributed by atoms with Crippen LogP contribution < -0.4 is 0 Å². The molecule has 13 heavy (non-hydrogen) atoms. The molecule has 0 aromatic carbocycles. The van der Waals surface area contributed by atoms with E-state index in [0.29, 0.717) is 11.8 Å². The van der Waals surface area contributed by atoms with Crippen molar-refractivity contribution in [3.8, 4) is 0 Å². The highest BCUT2D eigenvalue weighted by Crippen LogP contribution is 2.31. The van der Waals surface area contributed by atoms with Gasteiger partial charge in [0, 0.05) is 13.7 Å². The predicted octanol–water partition coefficient (Wildman–Crippen LogP) is 2.21. The molecular formula is C11H22O2. The van der Waals surface area contributed by atoms with Crippen LogP contribution in [-0.4, -0.2) is 24.9 Å². The van der Waals surface area contributed by atoms with Gasteiger partial charge in [0.1, 0.15) is 0 Å². The average molecular weight is 186 g/mol. The van der Waals surface area contributed by atoms with Crippen LogP contribution in [0.15, 0.2) is 0 Å². The van der Waals surface area contributed by atoms with Gasteiger partial charge in [0.2, 0.25) is 0 Å². The minimum absolute atomic E-state index is 0.0994. The second-order valence-corrected chi connectivity index (χ2v) is 4.29. The molecule has 1 N–H and O–H groups in total. The second-order valence-electron chi connectivity index (χ2n) is 4.29. The van der Waals surface area contributed by atoms with Gasteiger partial charge in [0.05, 0.1) is 6.10 Å². The Morgan fingerprint density at radius 2 is 2.00 bits per heavy atom. The number of rotatable bonds is 5. The standard InChI is InChI=1S/C11H22O2/c1-9(7-8-13-2)11(12)10-5-3-4-6-10/h9-12H,3-8H2,1-2H3. The highest BCUT2D eigenvalue weighted by molar-refractivity contribution is 4.78. The molecule has 1 rings (SSSR count). The molecule has 0 saturated heterocycles. The molecule has 2 heteroatoms. The molecule has 2 unspecified atom stereocenters. The summed E-state index contributed by atoms with van der Waals surface area (Å²) >= 11 is 0. The summed E-state index contributed by atoms with van der Waals surface area (Å²) in [6, 6.07) is 0. The van der Waals surface area contributed by atoms with E-state index in [1.165, 1.54) is 25.7 Å². The predicted molar refractivity (Wildman–Crippen MR) is 53.6 cm³/mol. The number of methoxy groups -OCH3 is 1. The molecule has 2 atom stereocenters. The van der Waals surface area contributed by atoms with Gasteiger partial charge in [-0.25, -0.2) is 0 Å². The van der Waals surface area contributed by atoms with Crippen molar-refractivity contribution in [1.29, 1.82) is 0 Å². The summed E-state index contributed by atoms with van der Waals surface area (Å²) in [5, 5.41) is 9.99. The van der Waals surface area contributed by atoms with Crippen LogP contribution in [0.2, 0.25) is 0 Å².